The van der Waals surface area contributed by atoms with E-state index in [1.165, 1.54) is 11.3 Å². The van der Waals surface area contributed by atoms with Crippen molar-refractivity contribution in [2.45, 2.75) is 0 Å². The molecule has 0 bridgehead atoms. The van der Waals surface area contributed by atoms with Crippen LogP contribution >= 0.6 is 11.3 Å². The zero-order valence-corrected chi connectivity index (χ0v) is 14.1. The Kier molecular flexibility index (Phi) is 3.46. The third-order valence-corrected chi connectivity index (χ3v) is 5.03. The van der Waals surface area contributed by atoms with Crippen molar-refractivity contribution < 1.29 is 4.74 Å². The number of nitrogens with one attached hydrogen (secondary N) is 1. The van der Waals surface area contributed by atoms with Crippen LogP contribution in [0, 0.1) is 0 Å². The Labute approximate surface area is 147 Å². The summed E-state index contributed by atoms with van der Waals surface area (Å²) in [5, 5.41) is 17.3. The van der Waals surface area contributed by atoms with Crippen LogP contribution in [0.3, 0.4) is 0 Å². The Morgan fingerprint density at radius 3 is 2.84 bits per heavy atom. The molecule has 0 spiro atoms. The molecule has 25 heavy (non-hydrogen) atoms. The first-order chi connectivity index (χ1) is 12.4. The second-order valence-corrected chi connectivity index (χ2v) is 6.56. The average molecular weight is 353 g/mol. The second kappa shape index (κ2) is 5.94. The smallest absolute Gasteiger partial charge is 0.160 e. The van der Waals surface area contributed by atoms with Gasteiger partial charge in [0.25, 0.3) is 0 Å². The molecule has 1 saturated heterocycles. The first-order valence-electron chi connectivity index (χ1n) is 8.01. The van der Waals surface area contributed by atoms with Crippen molar-refractivity contribution >= 4 is 28.2 Å². The van der Waals surface area contributed by atoms with Crippen molar-refractivity contribution in [2.75, 3.05) is 31.2 Å². The maximum Gasteiger partial charge on any atom is 0.160 e. The predicted octanol–water partition coefficient (Wildman–Crippen LogP) is 2.10. The summed E-state index contributed by atoms with van der Waals surface area (Å²) in [6, 6.07) is 6.08. The van der Waals surface area contributed by atoms with Crippen LogP contribution in [0.15, 0.2) is 36.1 Å². The lowest BCUT2D eigenvalue weighted by Gasteiger charge is -2.28. The van der Waals surface area contributed by atoms with E-state index in [2.05, 4.69) is 37.4 Å². The molecule has 5 heterocycles. The van der Waals surface area contributed by atoms with Crippen LogP contribution in [0.5, 0.6) is 0 Å². The van der Waals surface area contributed by atoms with Gasteiger partial charge in [-0.1, -0.05) is 11.3 Å². The number of hydrogen-bond acceptors (Lipinski definition) is 7. The molecule has 1 fully saturated rings. The van der Waals surface area contributed by atoms with Crippen LogP contribution in [0.4, 0.5) is 5.82 Å². The van der Waals surface area contributed by atoms with Crippen molar-refractivity contribution in [3.8, 4) is 16.4 Å². The molecule has 0 unspecified atom stereocenters. The summed E-state index contributed by atoms with van der Waals surface area (Å²) in [5.74, 6) is 1.74. The summed E-state index contributed by atoms with van der Waals surface area (Å²) in [5.41, 5.74) is 3.66. The number of ether oxygens (including phenoxy) is 1. The molecule has 0 radical (unpaired) electrons. The molecular formula is C16H15N7OS. The third kappa shape index (κ3) is 2.48. The molecule has 9 heteroatoms. The van der Waals surface area contributed by atoms with Gasteiger partial charge in [-0.2, -0.15) is 5.10 Å². The summed E-state index contributed by atoms with van der Waals surface area (Å²) < 4.78 is 7.46. The highest BCUT2D eigenvalue weighted by Crippen LogP contribution is 2.33. The van der Waals surface area contributed by atoms with Gasteiger partial charge in [0.1, 0.15) is 22.0 Å². The molecular weight excluding hydrogens is 338 g/mol. The van der Waals surface area contributed by atoms with Gasteiger partial charge in [-0.25, -0.2) is 4.98 Å². The topological polar surface area (TPSA) is 84.8 Å². The van der Waals surface area contributed by atoms with E-state index in [0.29, 0.717) is 13.2 Å². The van der Waals surface area contributed by atoms with E-state index in [0.717, 1.165) is 46.3 Å². The largest absolute Gasteiger partial charge is 0.378 e. The van der Waals surface area contributed by atoms with Crippen LogP contribution in [0.2, 0.25) is 0 Å². The van der Waals surface area contributed by atoms with Crippen molar-refractivity contribution in [3.05, 3.63) is 36.1 Å². The number of nitrogens with zero attached hydrogens (tertiary/aromatic N) is 6. The van der Waals surface area contributed by atoms with Crippen molar-refractivity contribution in [1.29, 1.82) is 0 Å². The van der Waals surface area contributed by atoms with Gasteiger partial charge in [-0.3, -0.25) is 9.67 Å². The van der Waals surface area contributed by atoms with Gasteiger partial charge in [0.15, 0.2) is 5.82 Å². The number of pyridine rings is 1. The van der Waals surface area contributed by atoms with Crippen LogP contribution < -0.4 is 4.90 Å². The Morgan fingerprint density at radius 1 is 1.16 bits per heavy atom. The number of rotatable bonds is 3. The fourth-order valence-corrected chi connectivity index (χ4v) is 3.67. The normalized spacial score (nSPS) is 15.1. The van der Waals surface area contributed by atoms with Crippen LogP contribution in [-0.2, 0) is 4.74 Å². The van der Waals surface area contributed by atoms with Crippen molar-refractivity contribution in [3.63, 3.8) is 0 Å². The first kappa shape index (κ1) is 14.6. The highest BCUT2D eigenvalue weighted by Gasteiger charge is 2.19. The Bertz CT molecular complexity index is 987. The zero-order chi connectivity index (χ0) is 16.6. The van der Waals surface area contributed by atoms with Crippen LogP contribution in [-0.4, -0.2) is 56.2 Å². The third-order valence-electron chi connectivity index (χ3n) is 4.30. The lowest BCUT2D eigenvalue weighted by Crippen LogP contribution is -2.36. The number of morpholine rings is 1. The summed E-state index contributed by atoms with van der Waals surface area (Å²) in [7, 11) is 0. The van der Waals surface area contributed by atoms with Gasteiger partial charge >= 0.3 is 0 Å². The van der Waals surface area contributed by atoms with Gasteiger partial charge in [0, 0.05) is 42.5 Å². The molecule has 4 aromatic heterocycles. The molecule has 4 aromatic rings. The van der Waals surface area contributed by atoms with Gasteiger partial charge in [-0.15, -0.1) is 10.2 Å². The Hall–Kier alpha value is -2.78. The van der Waals surface area contributed by atoms with Gasteiger partial charge in [0.2, 0.25) is 0 Å². The second-order valence-electron chi connectivity index (χ2n) is 5.73. The van der Waals surface area contributed by atoms with Crippen molar-refractivity contribution in [2.24, 2.45) is 0 Å². The lowest BCUT2D eigenvalue weighted by molar-refractivity contribution is 0.122. The fraction of sp³-hybridized carbons (Fsp3) is 0.250. The molecule has 0 saturated carbocycles. The number of hydrogen-bond donors (Lipinski definition) is 1. The molecule has 126 valence electrons. The highest BCUT2D eigenvalue weighted by molar-refractivity contribution is 7.12. The molecule has 0 atom stereocenters. The van der Waals surface area contributed by atoms with Gasteiger partial charge in [-0.05, 0) is 12.1 Å². The molecule has 1 aliphatic heterocycles. The predicted molar refractivity (Wildman–Crippen MR) is 95.2 cm³/mol. The Balaban J connectivity index is 1.73. The number of aromatic nitrogens is 6. The van der Waals surface area contributed by atoms with E-state index in [9.17, 15) is 0 Å². The number of fused-ring (bicyclic) bond motifs is 1. The van der Waals surface area contributed by atoms with E-state index in [4.69, 9.17) is 9.72 Å². The SMILES string of the molecule is c1cc(-n2ccc3c(-c4nncs4)cc(N4CCOCC4)nc32)n[nH]1. The minimum atomic E-state index is 0.717. The summed E-state index contributed by atoms with van der Waals surface area (Å²) in [4.78, 5) is 7.17. The van der Waals surface area contributed by atoms with E-state index >= 15 is 0 Å². The molecule has 8 nitrogen and oxygen atoms in total. The Morgan fingerprint density at radius 2 is 2.08 bits per heavy atom. The van der Waals surface area contributed by atoms with Crippen LogP contribution in [0.25, 0.3) is 27.4 Å². The first-order valence-corrected chi connectivity index (χ1v) is 8.89. The number of H-pyrrole nitrogens is 1. The molecule has 0 aliphatic carbocycles. The monoisotopic (exact) mass is 353 g/mol. The van der Waals surface area contributed by atoms with E-state index < -0.39 is 0 Å². The maximum atomic E-state index is 5.47. The highest BCUT2D eigenvalue weighted by atomic mass is 32.1. The minimum absolute atomic E-state index is 0.717. The minimum Gasteiger partial charge on any atom is -0.378 e. The summed E-state index contributed by atoms with van der Waals surface area (Å²) in [6.07, 6.45) is 3.79. The van der Waals surface area contributed by atoms with Crippen molar-refractivity contribution in [1.82, 2.24) is 29.9 Å². The molecule has 5 rings (SSSR count). The standard InChI is InChI=1S/C16H15N7OS/c1-3-17-20-13(1)23-4-2-11-12(16-21-18-10-25-16)9-14(19-15(11)23)22-5-7-24-8-6-22/h1-4,9-10H,5-8H2,(H,17,20). The summed E-state index contributed by atoms with van der Waals surface area (Å²) >= 11 is 1.53. The molecule has 1 aliphatic rings. The number of anilines is 1. The van der Waals surface area contributed by atoms with E-state index in [1.807, 2.05) is 16.8 Å². The quantitative estimate of drug-likeness (QED) is 0.607. The van der Waals surface area contributed by atoms with E-state index in [1.54, 1.807) is 11.7 Å². The zero-order valence-electron chi connectivity index (χ0n) is 13.3. The average Bonchev–Trinajstić information content (AvgIpc) is 3.41. The van der Waals surface area contributed by atoms with Gasteiger partial charge in [0.05, 0.1) is 13.2 Å². The number of aromatic amines is 1. The van der Waals surface area contributed by atoms with Crippen LogP contribution in [0.1, 0.15) is 0 Å². The molecule has 0 aromatic carbocycles. The lowest BCUT2D eigenvalue weighted by atomic mass is 10.2. The summed E-state index contributed by atoms with van der Waals surface area (Å²) in [6.45, 7) is 3.09. The van der Waals surface area contributed by atoms with Gasteiger partial charge < -0.3 is 9.64 Å². The molecule has 1 N–H and O–H groups in total. The fourth-order valence-electron chi connectivity index (χ4n) is 3.09. The molecule has 0 amide bonds. The maximum absolute atomic E-state index is 5.47. The van der Waals surface area contributed by atoms with E-state index in [-0.39, 0.29) is 0 Å².